The minimum absolute atomic E-state index is 0.00155. The number of rotatable bonds is 8. The number of benzene rings is 1. The predicted molar refractivity (Wildman–Crippen MR) is 130 cm³/mol. The first-order chi connectivity index (χ1) is 17.1. The average Bonchev–Trinajstić information content (AvgIpc) is 3.11. The average molecular weight is 571 g/mol. The van der Waals surface area contributed by atoms with Gasteiger partial charge in [0.25, 0.3) is 0 Å². The molecular formula is C23H26BrF3N6O3. The molecule has 3 N–H and O–H groups in total. The van der Waals surface area contributed by atoms with Crippen LogP contribution in [0.3, 0.4) is 0 Å². The van der Waals surface area contributed by atoms with Crippen LogP contribution in [0.4, 0.5) is 19.1 Å². The van der Waals surface area contributed by atoms with Crippen molar-refractivity contribution >= 4 is 38.9 Å². The van der Waals surface area contributed by atoms with Gasteiger partial charge in [-0.25, -0.2) is 9.78 Å². The van der Waals surface area contributed by atoms with E-state index in [0.717, 1.165) is 25.7 Å². The lowest BCUT2D eigenvalue weighted by molar-refractivity contribution is -0.330. The van der Waals surface area contributed by atoms with E-state index in [0.29, 0.717) is 45.2 Å². The van der Waals surface area contributed by atoms with E-state index in [-0.39, 0.29) is 18.5 Å². The maximum Gasteiger partial charge on any atom is 0.522 e. The molecule has 1 amide bonds. The molecule has 4 rings (SSSR count). The summed E-state index contributed by atoms with van der Waals surface area (Å²) in [5.41, 5.74) is 1.11. The molecule has 1 aliphatic rings. The Morgan fingerprint density at radius 3 is 2.69 bits per heavy atom. The van der Waals surface area contributed by atoms with Crippen LogP contribution in [0.2, 0.25) is 0 Å². The molecule has 9 nitrogen and oxygen atoms in total. The Bertz CT molecular complexity index is 1280. The van der Waals surface area contributed by atoms with Crippen molar-refractivity contribution in [3.8, 4) is 0 Å². The molecule has 2 aromatic heterocycles. The number of aromatic nitrogens is 4. The fraction of sp³-hybridized carbons (Fsp3) is 0.478. The highest BCUT2D eigenvalue weighted by Gasteiger charge is 2.29. The summed E-state index contributed by atoms with van der Waals surface area (Å²) >= 11 is 3.33. The number of hydrogen-bond acceptors (Lipinski definition) is 6. The van der Waals surface area contributed by atoms with Crippen LogP contribution in [0.5, 0.6) is 0 Å². The SMILES string of the molecule is CC(=O)NC1CCC(CNc2ncc3[nH]c(=O)n(Cc4cc(Br)ccc4COC(F)(F)F)c3n2)CC1. The highest BCUT2D eigenvalue weighted by molar-refractivity contribution is 9.10. The zero-order valence-electron chi connectivity index (χ0n) is 19.5. The Labute approximate surface area is 213 Å². The predicted octanol–water partition coefficient (Wildman–Crippen LogP) is 4.07. The summed E-state index contributed by atoms with van der Waals surface area (Å²) in [6, 6.07) is 5.00. The smallest absolute Gasteiger partial charge is 0.354 e. The van der Waals surface area contributed by atoms with Crippen LogP contribution < -0.4 is 16.3 Å². The van der Waals surface area contributed by atoms with Crippen molar-refractivity contribution in [2.75, 3.05) is 11.9 Å². The molecule has 1 aliphatic carbocycles. The Kier molecular flexibility index (Phi) is 7.98. The van der Waals surface area contributed by atoms with Crippen molar-refractivity contribution in [2.24, 2.45) is 5.92 Å². The molecule has 1 fully saturated rings. The number of anilines is 1. The van der Waals surface area contributed by atoms with Crippen molar-refractivity contribution in [2.45, 2.75) is 58.2 Å². The van der Waals surface area contributed by atoms with Gasteiger partial charge >= 0.3 is 12.1 Å². The molecule has 36 heavy (non-hydrogen) atoms. The van der Waals surface area contributed by atoms with Gasteiger partial charge in [0.1, 0.15) is 5.52 Å². The molecule has 13 heteroatoms. The van der Waals surface area contributed by atoms with E-state index in [2.05, 4.69) is 46.3 Å². The van der Waals surface area contributed by atoms with Gasteiger partial charge in [-0.1, -0.05) is 22.0 Å². The minimum Gasteiger partial charge on any atom is -0.354 e. The number of nitrogens with zero attached hydrogens (tertiary/aromatic N) is 3. The van der Waals surface area contributed by atoms with E-state index in [1.165, 1.54) is 23.8 Å². The summed E-state index contributed by atoms with van der Waals surface area (Å²) in [7, 11) is 0. The number of alkyl halides is 3. The molecule has 2 heterocycles. The fourth-order valence-electron chi connectivity index (χ4n) is 4.42. The van der Waals surface area contributed by atoms with Gasteiger partial charge < -0.3 is 15.6 Å². The summed E-state index contributed by atoms with van der Waals surface area (Å²) in [6.07, 6.45) is 0.484. The minimum atomic E-state index is -4.76. The van der Waals surface area contributed by atoms with Crippen LogP contribution in [-0.4, -0.2) is 44.4 Å². The first-order valence-electron chi connectivity index (χ1n) is 11.5. The van der Waals surface area contributed by atoms with Gasteiger partial charge in [-0.2, -0.15) is 4.98 Å². The van der Waals surface area contributed by atoms with Gasteiger partial charge in [0.15, 0.2) is 5.65 Å². The molecule has 0 spiro atoms. The number of hydrogen-bond donors (Lipinski definition) is 3. The third-order valence-electron chi connectivity index (χ3n) is 6.20. The molecule has 0 aliphatic heterocycles. The zero-order valence-corrected chi connectivity index (χ0v) is 21.1. The molecule has 1 aromatic carbocycles. The van der Waals surface area contributed by atoms with E-state index in [1.54, 1.807) is 12.1 Å². The molecule has 3 aromatic rings. The molecule has 0 saturated heterocycles. The largest absolute Gasteiger partial charge is 0.522 e. The highest BCUT2D eigenvalue weighted by Crippen LogP contribution is 2.26. The number of amides is 1. The first-order valence-corrected chi connectivity index (χ1v) is 12.3. The summed E-state index contributed by atoms with van der Waals surface area (Å²) in [6.45, 7) is 1.50. The maximum atomic E-state index is 12.6. The van der Waals surface area contributed by atoms with Crippen LogP contribution in [0.25, 0.3) is 11.2 Å². The summed E-state index contributed by atoms with van der Waals surface area (Å²) in [5.74, 6) is 0.744. The topological polar surface area (TPSA) is 114 Å². The lowest BCUT2D eigenvalue weighted by Crippen LogP contribution is -2.37. The van der Waals surface area contributed by atoms with E-state index >= 15 is 0 Å². The third kappa shape index (κ3) is 6.84. The molecule has 0 atom stereocenters. The number of aromatic amines is 1. The van der Waals surface area contributed by atoms with Gasteiger partial charge in [0, 0.05) is 24.0 Å². The number of imidazole rings is 1. The van der Waals surface area contributed by atoms with Gasteiger partial charge in [-0.05, 0) is 54.9 Å². The zero-order chi connectivity index (χ0) is 25.9. The van der Waals surface area contributed by atoms with Gasteiger partial charge in [0.05, 0.1) is 19.3 Å². The Balaban J connectivity index is 1.48. The molecule has 1 saturated carbocycles. The summed E-state index contributed by atoms with van der Waals surface area (Å²) in [5, 5.41) is 6.19. The van der Waals surface area contributed by atoms with E-state index in [9.17, 15) is 22.8 Å². The van der Waals surface area contributed by atoms with Crippen LogP contribution in [0.1, 0.15) is 43.7 Å². The second-order valence-electron chi connectivity index (χ2n) is 8.89. The molecule has 194 valence electrons. The quantitative estimate of drug-likeness (QED) is 0.376. The van der Waals surface area contributed by atoms with E-state index < -0.39 is 18.7 Å². The number of halogens is 4. The summed E-state index contributed by atoms with van der Waals surface area (Å²) < 4.78 is 43.8. The molecular weight excluding hydrogens is 545 g/mol. The molecule has 0 unspecified atom stereocenters. The van der Waals surface area contributed by atoms with Gasteiger partial charge in [0.2, 0.25) is 11.9 Å². The second kappa shape index (κ2) is 11.0. The normalized spacial score (nSPS) is 18.4. The fourth-order valence-corrected chi connectivity index (χ4v) is 4.83. The Morgan fingerprint density at radius 2 is 2.00 bits per heavy atom. The van der Waals surface area contributed by atoms with Crippen LogP contribution >= 0.6 is 15.9 Å². The first kappa shape index (κ1) is 26.1. The number of carbonyl (C=O) groups excluding carboxylic acids is 1. The third-order valence-corrected chi connectivity index (χ3v) is 6.70. The van der Waals surface area contributed by atoms with E-state index in [4.69, 9.17) is 0 Å². The molecule has 0 bridgehead atoms. The highest BCUT2D eigenvalue weighted by atomic mass is 79.9. The Morgan fingerprint density at radius 1 is 1.25 bits per heavy atom. The molecule has 0 radical (unpaired) electrons. The van der Waals surface area contributed by atoms with Crippen molar-refractivity contribution in [1.29, 1.82) is 0 Å². The van der Waals surface area contributed by atoms with Gasteiger partial charge in [-0.15, -0.1) is 13.2 Å². The number of ether oxygens (including phenoxy) is 1. The van der Waals surface area contributed by atoms with Crippen LogP contribution in [0.15, 0.2) is 33.7 Å². The Hall–Kier alpha value is -2.93. The number of nitrogens with one attached hydrogen (secondary N) is 3. The lowest BCUT2D eigenvalue weighted by Gasteiger charge is -2.28. The van der Waals surface area contributed by atoms with Crippen molar-refractivity contribution in [3.05, 3.63) is 50.5 Å². The number of H-pyrrole nitrogens is 1. The van der Waals surface area contributed by atoms with Crippen molar-refractivity contribution < 1.29 is 22.7 Å². The van der Waals surface area contributed by atoms with Crippen molar-refractivity contribution in [3.63, 3.8) is 0 Å². The maximum absolute atomic E-state index is 12.6. The standard InChI is InChI=1S/C23H26BrF3N6O3/c1-13(34)30-18-6-2-14(3-7-18)9-28-21-29-10-19-20(32-21)33(22(35)31-19)11-16-8-17(24)5-4-15(16)12-36-23(25,26)27/h4-5,8,10,14,18H,2-3,6-7,9,11-12H2,1H3,(H,30,34)(H,31,35)(H,28,29,32). The second-order valence-corrected chi connectivity index (χ2v) is 9.81. The van der Waals surface area contributed by atoms with Crippen molar-refractivity contribution in [1.82, 2.24) is 24.8 Å². The number of fused-ring (bicyclic) bond motifs is 1. The van der Waals surface area contributed by atoms with Crippen LogP contribution in [-0.2, 0) is 22.7 Å². The van der Waals surface area contributed by atoms with Crippen LogP contribution in [0, 0.1) is 5.92 Å². The number of carbonyl (C=O) groups is 1. The summed E-state index contributed by atoms with van der Waals surface area (Å²) in [4.78, 5) is 35.4. The lowest BCUT2D eigenvalue weighted by atomic mass is 9.86. The monoisotopic (exact) mass is 570 g/mol. The van der Waals surface area contributed by atoms with Gasteiger partial charge in [-0.3, -0.25) is 14.1 Å². The van der Waals surface area contributed by atoms with E-state index in [1.807, 2.05) is 0 Å².